The molecular formula is C24H28FN5O5S. The second-order valence-corrected chi connectivity index (χ2v) is 9.74. The van der Waals surface area contributed by atoms with Gasteiger partial charge in [0.25, 0.3) is 0 Å². The lowest BCUT2D eigenvalue weighted by Crippen LogP contribution is -2.23. The molecule has 2 aromatic carbocycles. The number of carbonyl (C=O) groups excluding carboxylic acids is 1. The number of amides is 1. The Labute approximate surface area is 212 Å². The number of hydrogen-bond acceptors (Lipinski definition) is 8. The van der Waals surface area contributed by atoms with E-state index in [0.29, 0.717) is 29.0 Å². The highest BCUT2D eigenvalue weighted by Gasteiger charge is 2.25. The van der Waals surface area contributed by atoms with Gasteiger partial charge in [-0.2, -0.15) is 4.39 Å². The zero-order chi connectivity index (χ0) is 26.4. The second kappa shape index (κ2) is 11.8. The highest BCUT2D eigenvalue weighted by molar-refractivity contribution is 8.00. The number of anilines is 1. The summed E-state index contributed by atoms with van der Waals surface area (Å²) in [6.07, 6.45) is -0.453. The first-order valence-corrected chi connectivity index (χ1v) is 12.1. The number of para-hydroxylation sites is 2. The van der Waals surface area contributed by atoms with Gasteiger partial charge in [-0.05, 0) is 44.0 Å². The predicted molar refractivity (Wildman–Crippen MR) is 134 cm³/mol. The molecule has 0 aliphatic carbocycles. The molecule has 0 aliphatic rings. The van der Waals surface area contributed by atoms with Crippen molar-refractivity contribution in [3.05, 3.63) is 64.2 Å². The van der Waals surface area contributed by atoms with E-state index in [9.17, 15) is 19.3 Å². The van der Waals surface area contributed by atoms with E-state index in [0.717, 1.165) is 12.1 Å². The van der Waals surface area contributed by atoms with Crippen molar-refractivity contribution in [2.45, 2.75) is 50.8 Å². The van der Waals surface area contributed by atoms with E-state index in [1.54, 1.807) is 26.2 Å². The lowest BCUT2D eigenvalue weighted by Gasteiger charge is -2.19. The minimum Gasteiger partial charge on any atom is -0.493 e. The average Bonchev–Trinajstić information content (AvgIpc) is 3.21. The van der Waals surface area contributed by atoms with E-state index in [-0.39, 0.29) is 11.6 Å². The summed E-state index contributed by atoms with van der Waals surface area (Å²) in [6, 6.07) is 10.5. The van der Waals surface area contributed by atoms with Gasteiger partial charge in [0.2, 0.25) is 11.7 Å². The SMILES string of the molecule is COc1ccccc1OC(C)c1nnc(SC(C)C(=O)Nc2ccc(F)c([N+](=O)[O-])c2)n1CC(C)C. The lowest BCUT2D eigenvalue weighted by molar-refractivity contribution is -0.387. The molecule has 1 aromatic heterocycles. The van der Waals surface area contributed by atoms with E-state index in [1.807, 2.05) is 23.6 Å². The number of benzene rings is 2. The topological polar surface area (TPSA) is 121 Å². The maximum atomic E-state index is 13.6. The fourth-order valence-corrected chi connectivity index (χ4v) is 4.24. The van der Waals surface area contributed by atoms with Crippen LogP contribution < -0.4 is 14.8 Å². The van der Waals surface area contributed by atoms with Gasteiger partial charge < -0.3 is 19.4 Å². The molecule has 0 spiro atoms. The molecule has 2 unspecified atom stereocenters. The van der Waals surface area contributed by atoms with E-state index in [1.165, 1.54) is 17.8 Å². The minimum absolute atomic E-state index is 0.128. The molecule has 1 N–H and O–H groups in total. The van der Waals surface area contributed by atoms with Crippen LogP contribution in [0.15, 0.2) is 47.6 Å². The van der Waals surface area contributed by atoms with Crippen LogP contribution in [0.5, 0.6) is 11.5 Å². The number of nitro groups is 1. The van der Waals surface area contributed by atoms with Gasteiger partial charge in [0, 0.05) is 18.3 Å². The maximum Gasteiger partial charge on any atom is 0.306 e. The van der Waals surface area contributed by atoms with E-state index < -0.39 is 33.7 Å². The molecule has 0 aliphatic heterocycles. The summed E-state index contributed by atoms with van der Waals surface area (Å²) in [7, 11) is 1.57. The second-order valence-electron chi connectivity index (χ2n) is 8.43. The number of methoxy groups -OCH3 is 1. The van der Waals surface area contributed by atoms with Crippen LogP contribution in [-0.2, 0) is 11.3 Å². The fraction of sp³-hybridized carbons (Fsp3) is 0.375. The molecule has 3 rings (SSSR count). The Morgan fingerprint density at radius 2 is 1.86 bits per heavy atom. The Bertz CT molecular complexity index is 1240. The Hall–Kier alpha value is -3.67. The van der Waals surface area contributed by atoms with Gasteiger partial charge in [-0.25, -0.2) is 0 Å². The first-order valence-electron chi connectivity index (χ1n) is 11.2. The van der Waals surface area contributed by atoms with Crippen molar-refractivity contribution in [1.29, 1.82) is 0 Å². The Kier molecular flexibility index (Phi) is 8.86. The molecule has 2 atom stereocenters. The van der Waals surface area contributed by atoms with Crippen LogP contribution in [0, 0.1) is 21.8 Å². The van der Waals surface area contributed by atoms with Crippen molar-refractivity contribution in [2.24, 2.45) is 5.92 Å². The molecular weight excluding hydrogens is 489 g/mol. The van der Waals surface area contributed by atoms with Crippen molar-refractivity contribution in [3.63, 3.8) is 0 Å². The summed E-state index contributed by atoms with van der Waals surface area (Å²) < 4.78 is 27.0. The highest BCUT2D eigenvalue weighted by atomic mass is 32.2. The van der Waals surface area contributed by atoms with Gasteiger partial charge >= 0.3 is 5.69 Å². The smallest absolute Gasteiger partial charge is 0.306 e. The highest BCUT2D eigenvalue weighted by Crippen LogP contribution is 2.32. The summed E-state index contributed by atoms with van der Waals surface area (Å²) in [5.74, 6) is 0.640. The van der Waals surface area contributed by atoms with Gasteiger partial charge in [-0.3, -0.25) is 14.9 Å². The number of aromatic nitrogens is 3. The van der Waals surface area contributed by atoms with Crippen molar-refractivity contribution >= 4 is 29.0 Å². The number of ether oxygens (including phenoxy) is 2. The molecule has 0 fully saturated rings. The van der Waals surface area contributed by atoms with Crippen LogP contribution in [0.25, 0.3) is 0 Å². The van der Waals surface area contributed by atoms with E-state index >= 15 is 0 Å². The van der Waals surface area contributed by atoms with Gasteiger partial charge in [-0.1, -0.05) is 37.7 Å². The first kappa shape index (κ1) is 26.9. The predicted octanol–water partition coefficient (Wildman–Crippen LogP) is 5.25. The number of carbonyl (C=O) groups is 1. The molecule has 0 saturated heterocycles. The van der Waals surface area contributed by atoms with Crippen molar-refractivity contribution < 1.29 is 23.6 Å². The number of nitrogens with one attached hydrogen (secondary N) is 1. The van der Waals surface area contributed by atoms with Gasteiger partial charge in [0.1, 0.15) is 0 Å². The molecule has 0 saturated carbocycles. The number of nitrogens with zero attached hydrogens (tertiary/aromatic N) is 4. The zero-order valence-electron chi connectivity index (χ0n) is 20.6. The first-order chi connectivity index (χ1) is 17.1. The monoisotopic (exact) mass is 517 g/mol. The van der Waals surface area contributed by atoms with Crippen LogP contribution in [-0.4, -0.2) is 38.0 Å². The van der Waals surface area contributed by atoms with Gasteiger partial charge in [-0.15, -0.1) is 10.2 Å². The van der Waals surface area contributed by atoms with Crippen LogP contribution in [0.3, 0.4) is 0 Å². The number of halogens is 1. The Morgan fingerprint density at radius 1 is 1.17 bits per heavy atom. The fourth-order valence-electron chi connectivity index (χ4n) is 3.37. The van der Waals surface area contributed by atoms with Gasteiger partial charge in [0.05, 0.1) is 17.3 Å². The third-order valence-electron chi connectivity index (χ3n) is 5.09. The number of rotatable bonds is 11. The summed E-state index contributed by atoms with van der Waals surface area (Å²) in [6.45, 7) is 8.26. The third-order valence-corrected chi connectivity index (χ3v) is 6.17. The summed E-state index contributed by atoms with van der Waals surface area (Å²) in [5.41, 5.74) is -0.581. The molecule has 10 nitrogen and oxygen atoms in total. The van der Waals surface area contributed by atoms with Crippen LogP contribution >= 0.6 is 11.8 Å². The van der Waals surface area contributed by atoms with Crippen LogP contribution in [0.1, 0.15) is 39.6 Å². The summed E-state index contributed by atoms with van der Waals surface area (Å²) in [5, 5.41) is 22.1. The molecule has 192 valence electrons. The number of hydrogen-bond donors (Lipinski definition) is 1. The number of nitro benzene ring substituents is 1. The number of thioether (sulfide) groups is 1. The zero-order valence-corrected chi connectivity index (χ0v) is 21.4. The van der Waals surface area contributed by atoms with Crippen molar-refractivity contribution in [1.82, 2.24) is 14.8 Å². The Morgan fingerprint density at radius 3 is 2.50 bits per heavy atom. The molecule has 36 heavy (non-hydrogen) atoms. The molecule has 0 radical (unpaired) electrons. The lowest BCUT2D eigenvalue weighted by atomic mass is 10.2. The van der Waals surface area contributed by atoms with E-state index in [2.05, 4.69) is 29.4 Å². The minimum atomic E-state index is -0.973. The van der Waals surface area contributed by atoms with Crippen molar-refractivity contribution in [3.8, 4) is 11.5 Å². The summed E-state index contributed by atoms with van der Waals surface area (Å²) >= 11 is 1.19. The summed E-state index contributed by atoms with van der Waals surface area (Å²) in [4.78, 5) is 22.9. The molecule has 12 heteroatoms. The Balaban J connectivity index is 1.78. The molecule has 3 aromatic rings. The largest absolute Gasteiger partial charge is 0.493 e. The molecule has 1 heterocycles. The van der Waals surface area contributed by atoms with Crippen LogP contribution in [0.2, 0.25) is 0 Å². The van der Waals surface area contributed by atoms with Gasteiger partial charge in [0.15, 0.2) is 28.6 Å². The quantitative estimate of drug-likeness (QED) is 0.208. The molecule has 0 bridgehead atoms. The standard InChI is InChI=1S/C24H28FN5O5S/c1-14(2)13-29-22(15(3)35-21-9-7-6-8-20(21)34-5)27-28-24(29)36-16(4)23(31)26-17-10-11-18(25)19(12-17)30(32)33/h6-12,14-16H,13H2,1-5H3,(H,26,31). The maximum absolute atomic E-state index is 13.6. The normalized spacial score (nSPS) is 12.8. The molecule has 1 amide bonds. The third kappa shape index (κ3) is 6.51. The van der Waals surface area contributed by atoms with Crippen LogP contribution in [0.4, 0.5) is 15.8 Å². The average molecular weight is 518 g/mol. The van der Waals surface area contributed by atoms with E-state index in [4.69, 9.17) is 9.47 Å². The van der Waals surface area contributed by atoms with Crippen molar-refractivity contribution in [2.75, 3.05) is 12.4 Å².